The summed E-state index contributed by atoms with van der Waals surface area (Å²) in [4.78, 5) is 30.5. The van der Waals surface area contributed by atoms with E-state index in [0.717, 1.165) is 5.56 Å². The first-order valence-electron chi connectivity index (χ1n) is 7.46. The Bertz CT molecular complexity index is 502. The zero-order valence-electron chi connectivity index (χ0n) is 12.9. The Hall–Kier alpha value is -1.91. The molecule has 1 aromatic rings. The lowest BCUT2D eigenvalue weighted by atomic mass is 10.0. The number of aromatic nitrogens is 1. The quantitative estimate of drug-likeness (QED) is 0.918. The first-order chi connectivity index (χ1) is 9.97. The van der Waals surface area contributed by atoms with E-state index in [2.05, 4.69) is 24.1 Å². The van der Waals surface area contributed by atoms with Crippen LogP contribution in [0.15, 0.2) is 24.5 Å². The molecule has 0 spiro atoms. The molecule has 0 saturated carbocycles. The van der Waals surface area contributed by atoms with Gasteiger partial charge in [0.2, 0.25) is 11.8 Å². The van der Waals surface area contributed by atoms with Crippen LogP contribution in [0.3, 0.4) is 0 Å². The molecule has 1 aliphatic rings. The van der Waals surface area contributed by atoms with E-state index in [4.69, 9.17) is 0 Å². The smallest absolute Gasteiger partial charge is 0.245 e. The molecule has 1 aromatic heterocycles. The van der Waals surface area contributed by atoms with Crippen molar-refractivity contribution in [3.8, 4) is 0 Å². The molecule has 2 atom stereocenters. The third kappa shape index (κ3) is 4.03. The minimum Gasteiger partial charge on any atom is -0.344 e. The Kier molecular flexibility index (Phi) is 4.94. The fourth-order valence-electron chi connectivity index (χ4n) is 2.66. The van der Waals surface area contributed by atoms with Crippen LogP contribution in [-0.4, -0.2) is 33.8 Å². The highest BCUT2D eigenvalue weighted by Crippen LogP contribution is 2.18. The molecule has 0 aromatic carbocycles. The van der Waals surface area contributed by atoms with Crippen molar-refractivity contribution >= 4 is 11.8 Å². The lowest BCUT2D eigenvalue weighted by molar-refractivity contribution is -0.136. The molecule has 1 saturated heterocycles. The monoisotopic (exact) mass is 289 g/mol. The van der Waals surface area contributed by atoms with E-state index < -0.39 is 6.04 Å². The highest BCUT2D eigenvalue weighted by Gasteiger charge is 2.34. The number of carbonyl (C=O) groups excluding carboxylic acids is 2. The molecule has 0 aliphatic carbocycles. The molecule has 1 aliphatic heterocycles. The molecule has 2 unspecified atom stereocenters. The van der Waals surface area contributed by atoms with Crippen LogP contribution < -0.4 is 5.32 Å². The van der Waals surface area contributed by atoms with Crippen molar-refractivity contribution in [1.82, 2.24) is 15.2 Å². The van der Waals surface area contributed by atoms with Crippen molar-refractivity contribution in [2.24, 2.45) is 5.92 Å². The lowest BCUT2D eigenvalue weighted by Gasteiger charge is -2.29. The van der Waals surface area contributed by atoms with Crippen molar-refractivity contribution in [2.45, 2.75) is 52.2 Å². The van der Waals surface area contributed by atoms with Gasteiger partial charge < -0.3 is 10.2 Å². The van der Waals surface area contributed by atoms with E-state index in [1.54, 1.807) is 17.3 Å². The van der Waals surface area contributed by atoms with Crippen LogP contribution in [0.4, 0.5) is 0 Å². The van der Waals surface area contributed by atoms with Gasteiger partial charge in [-0.1, -0.05) is 19.9 Å². The fraction of sp³-hybridized carbons (Fsp3) is 0.562. The summed E-state index contributed by atoms with van der Waals surface area (Å²) in [6.07, 6.45) is 4.49. The summed E-state index contributed by atoms with van der Waals surface area (Å²) in [5.74, 6) is 0.314. The number of hydrogen-bond donors (Lipinski definition) is 1. The highest BCUT2D eigenvalue weighted by molar-refractivity contribution is 5.90. The van der Waals surface area contributed by atoms with Crippen molar-refractivity contribution in [1.29, 1.82) is 0 Å². The van der Waals surface area contributed by atoms with Gasteiger partial charge >= 0.3 is 0 Å². The zero-order chi connectivity index (χ0) is 15.4. The Labute approximate surface area is 125 Å². The van der Waals surface area contributed by atoms with Gasteiger partial charge in [-0.3, -0.25) is 14.6 Å². The van der Waals surface area contributed by atoms with Crippen molar-refractivity contribution in [3.63, 3.8) is 0 Å². The van der Waals surface area contributed by atoms with Gasteiger partial charge in [0, 0.05) is 31.4 Å². The maximum Gasteiger partial charge on any atom is 0.245 e. The van der Waals surface area contributed by atoms with Gasteiger partial charge in [0.1, 0.15) is 6.04 Å². The summed E-state index contributed by atoms with van der Waals surface area (Å²) < 4.78 is 0. The van der Waals surface area contributed by atoms with Crippen LogP contribution in [0, 0.1) is 5.92 Å². The van der Waals surface area contributed by atoms with E-state index >= 15 is 0 Å². The first-order valence-corrected chi connectivity index (χ1v) is 7.46. The maximum absolute atomic E-state index is 12.7. The van der Waals surface area contributed by atoms with E-state index in [0.29, 0.717) is 25.3 Å². The molecule has 5 heteroatoms. The van der Waals surface area contributed by atoms with E-state index in [1.807, 2.05) is 19.1 Å². The van der Waals surface area contributed by atoms with Crippen molar-refractivity contribution < 1.29 is 9.59 Å². The maximum atomic E-state index is 12.7. The van der Waals surface area contributed by atoms with Crippen LogP contribution in [0.5, 0.6) is 0 Å². The third-order valence-corrected chi connectivity index (χ3v) is 3.71. The molecule has 0 radical (unpaired) electrons. The predicted molar refractivity (Wildman–Crippen MR) is 80.3 cm³/mol. The molecular formula is C16H23N3O2. The second kappa shape index (κ2) is 6.70. The highest BCUT2D eigenvalue weighted by atomic mass is 16.2. The topological polar surface area (TPSA) is 62.3 Å². The van der Waals surface area contributed by atoms with Gasteiger partial charge in [0.25, 0.3) is 0 Å². The SMILES string of the molecule is CC(C)CC1NC(=O)CC(C)N(Cc2cccnc2)C1=O. The number of rotatable bonds is 4. The molecular weight excluding hydrogens is 266 g/mol. The Morgan fingerprint density at radius 1 is 1.43 bits per heavy atom. The minimum atomic E-state index is -0.417. The number of nitrogens with zero attached hydrogens (tertiary/aromatic N) is 2. The van der Waals surface area contributed by atoms with Crippen LogP contribution in [-0.2, 0) is 16.1 Å². The summed E-state index contributed by atoms with van der Waals surface area (Å²) >= 11 is 0. The largest absolute Gasteiger partial charge is 0.344 e. The number of nitrogens with one attached hydrogen (secondary N) is 1. The fourth-order valence-corrected chi connectivity index (χ4v) is 2.66. The number of pyridine rings is 1. The molecule has 0 bridgehead atoms. The van der Waals surface area contributed by atoms with Gasteiger partial charge in [-0.25, -0.2) is 0 Å². The second-order valence-corrected chi connectivity index (χ2v) is 6.13. The Balaban J connectivity index is 2.19. The van der Waals surface area contributed by atoms with Gasteiger partial charge in [0.05, 0.1) is 0 Å². The average molecular weight is 289 g/mol. The lowest BCUT2D eigenvalue weighted by Crippen LogP contribution is -2.46. The molecule has 21 heavy (non-hydrogen) atoms. The third-order valence-electron chi connectivity index (χ3n) is 3.71. The molecule has 114 valence electrons. The molecule has 1 fully saturated rings. The molecule has 2 heterocycles. The Morgan fingerprint density at radius 3 is 2.81 bits per heavy atom. The van der Waals surface area contributed by atoms with Gasteiger partial charge in [-0.2, -0.15) is 0 Å². The van der Waals surface area contributed by atoms with Gasteiger partial charge in [-0.15, -0.1) is 0 Å². The summed E-state index contributed by atoms with van der Waals surface area (Å²) in [6, 6.07) is 3.29. The molecule has 2 rings (SSSR count). The van der Waals surface area contributed by atoms with Crippen LogP contribution in [0.1, 0.15) is 39.2 Å². The number of carbonyl (C=O) groups is 2. The zero-order valence-corrected chi connectivity index (χ0v) is 12.9. The summed E-state index contributed by atoms with van der Waals surface area (Å²) in [7, 11) is 0. The van der Waals surface area contributed by atoms with Crippen molar-refractivity contribution in [2.75, 3.05) is 0 Å². The summed E-state index contributed by atoms with van der Waals surface area (Å²) in [6.45, 7) is 6.53. The second-order valence-electron chi connectivity index (χ2n) is 6.13. The predicted octanol–water partition coefficient (Wildman–Crippen LogP) is 1.73. The molecule has 1 N–H and O–H groups in total. The van der Waals surface area contributed by atoms with Crippen LogP contribution >= 0.6 is 0 Å². The van der Waals surface area contributed by atoms with E-state index in [9.17, 15) is 9.59 Å². The van der Waals surface area contributed by atoms with Gasteiger partial charge in [-0.05, 0) is 30.9 Å². The summed E-state index contributed by atoms with van der Waals surface area (Å²) in [5, 5.41) is 2.86. The van der Waals surface area contributed by atoms with Crippen LogP contribution in [0.2, 0.25) is 0 Å². The summed E-state index contributed by atoms with van der Waals surface area (Å²) in [5.41, 5.74) is 0.982. The van der Waals surface area contributed by atoms with Crippen LogP contribution in [0.25, 0.3) is 0 Å². The van der Waals surface area contributed by atoms with Gasteiger partial charge in [0.15, 0.2) is 0 Å². The number of hydrogen-bond acceptors (Lipinski definition) is 3. The Morgan fingerprint density at radius 2 is 2.19 bits per heavy atom. The van der Waals surface area contributed by atoms with E-state index in [1.165, 1.54) is 0 Å². The first kappa shape index (κ1) is 15.5. The molecule has 2 amide bonds. The normalized spacial score (nSPS) is 23.1. The minimum absolute atomic E-state index is 0.00547. The van der Waals surface area contributed by atoms with Crippen molar-refractivity contribution in [3.05, 3.63) is 30.1 Å². The standard InChI is InChI=1S/C16H23N3O2/c1-11(2)7-14-16(21)19(12(3)8-15(20)18-14)10-13-5-4-6-17-9-13/h4-6,9,11-12,14H,7-8,10H2,1-3H3,(H,18,20). The average Bonchev–Trinajstić information content (AvgIpc) is 2.51. The number of amides is 2. The van der Waals surface area contributed by atoms with E-state index in [-0.39, 0.29) is 17.9 Å². The molecule has 5 nitrogen and oxygen atoms in total.